The second-order valence-electron chi connectivity index (χ2n) is 5.76. The summed E-state index contributed by atoms with van der Waals surface area (Å²) >= 11 is 0. The van der Waals surface area contributed by atoms with Crippen molar-refractivity contribution in [1.82, 2.24) is 4.90 Å². The first kappa shape index (κ1) is 21.4. The Morgan fingerprint density at radius 2 is 1.61 bits per heavy atom. The zero-order chi connectivity index (χ0) is 16.7. The zero-order valence-electron chi connectivity index (χ0n) is 14.1. The van der Waals surface area contributed by atoms with Crippen LogP contribution in [0.25, 0.3) is 0 Å². The third-order valence-electron chi connectivity index (χ3n) is 3.46. The number of amides is 2. The lowest BCUT2D eigenvalue weighted by atomic mass is 9.99. The van der Waals surface area contributed by atoms with Gasteiger partial charge in [-0.25, -0.2) is 0 Å². The van der Waals surface area contributed by atoms with E-state index in [2.05, 4.69) is 10.6 Å². The van der Waals surface area contributed by atoms with Gasteiger partial charge in [-0.2, -0.15) is 0 Å². The maximum absolute atomic E-state index is 12.0. The summed E-state index contributed by atoms with van der Waals surface area (Å²) in [6.45, 7) is 4.28. The Balaban J connectivity index is 0.00000484. The van der Waals surface area contributed by atoms with E-state index in [9.17, 15) is 9.59 Å². The van der Waals surface area contributed by atoms with Gasteiger partial charge in [0.15, 0.2) is 0 Å². The van der Waals surface area contributed by atoms with Gasteiger partial charge in [-0.15, -0.1) is 12.4 Å². The first-order valence-corrected chi connectivity index (χ1v) is 7.44. The predicted molar refractivity (Wildman–Crippen MR) is 96.9 cm³/mol. The third-order valence-corrected chi connectivity index (χ3v) is 3.46. The zero-order valence-corrected chi connectivity index (χ0v) is 14.9. The number of nitrogens with two attached hydrogens (primary N) is 1. The summed E-state index contributed by atoms with van der Waals surface area (Å²) in [5.74, 6) is -0.149. The smallest absolute Gasteiger partial charge is 0.241 e. The number of anilines is 2. The molecule has 4 N–H and O–H groups in total. The van der Waals surface area contributed by atoms with Gasteiger partial charge in [-0.1, -0.05) is 20.3 Å². The van der Waals surface area contributed by atoms with E-state index in [-0.39, 0.29) is 30.1 Å². The van der Waals surface area contributed by atoms with Gasteiger partial charge in [0.1, 0.15) is 0 Å². The van der Waals surface area contributed by atoms with E-state index in [1.807, 2.05) is 27.9 Å². The molecule has 1 aromatic carbocycles. The topological polar surface area (TPSA) is 87.5 Å². The number of benzene rings is 1. The largest absolute Gasteiger partial charge is 0.325 e. The van der Waals surface area contributed by atoms with E-state index < -0.39 is 6.04 Å². The Labute approximate surface area is 144 Å². The lowest BCUT2D eigenvalue weighted by molar-refractivity contribution is -0.118. The van der Waals surface area contributed by atoms with E-state index in [1.165, 1.54) is 0 Å². The van der Waals surface area contributed by atoms with Gasteiger partial charge in [0, 0.05) is 11.4 Å². The summed E-state index contributed by atoms with van der Waals surface area (Å²) in [4.78, 5) is 25.4. The Kier molecular flexibility index (Phi) is 9.48. The summed E-state index contributed by atoms with van der Waals surface area (Å²) in [6, 6.07) is 6.46. The van der Waals surface area contributed by atoms with Crippen molar-refractivity contribution < 1.29 is 9.59 Å². The molecule has 0 aliphatic carbocycles. The van der Waals surface area contributed by atoms with Crippen LogP contribution in [0.15, 0.2) is 24.3 Å². The Morgan fingerprint density at radius 1 is 1.13 bits per heavy atom. The fourth-order valence-corrected chi connectivity index (χ4v) is 1.86. The van der Waals surface area contributed by atoms with Gasteiger partial charge in [0.05, 0.1) is 12.6 Å². The molecule has 0 saturated heterocycles. The lowest BCUT2D eigenvalue weighted by Crippen LogP contribution is -2.40. The molecule has 7 heteroatoms. The normalized spacial score (nSPS) is 13.0. The second kappa shape index (κ2) is 10.2. The molecule has 2 atom stereocenters. The molecule has 0 aliphatic rings. The van der Waals surface area contributed by atoms with Crippen molar-refractivity contribution in [3.8, 4) is 0 Å². The molecule has 2 amide bonds. The number of likely N-dealkylation sites (N-methyl/N-ethyl adjacent to an activating group) is 1. The van der Waals surface area contributed by atoms with Crippen LogP contribution in [0.4, 0.5) is 11.4 Å². The van der Waals surface area contributed by atoms with Crippen molar-refractivity contribution in [2.75, 3.05) is 31.3 Å². The molecule has 0 aliphatic heterocycles. The van der Waals surface area contributed by atoms with Gasteiger partial charge >= 0.3 is 0 Å². The molecule has 2 unspecified atom stereocenters. The molecule has 0 fully saturated rings. The molecule has 0 radical (unpaired) electrons. The monoisotopic (exact) mass is 342 g/mol. The molecule has 0 heterocycles. The Morgan fingerprint density at radius 3 is 2.04 bits per heavy atom. The van der Waals surface area contributed by atoms with Crippen LogP contribution < -0.4 is 16.4 Å². The molecule has 0 saturated carbocycles. The number of rotatable bonds is 7. The van der Waals surface area contributed by atoms with Gasteiger partial charge in [-0.3, -0.25) is 9.59 Å². The van der Waals surface area contributed by atoms with E-state index >= 15 is 0 Å². The van der Waals surface area contributed by atoms with Gasteiger partial charge < -0.3 is 21.3 Å². The lowest BCUT2D eigenvalue weighted by Gasteiger charge is -2.17. The van der Waals surface area contributed by atoms with Crippen LogP contribution >= 0.6 is 12.4 Å². The van der Waals surface area contributed by atoms with Gasteiger partial charge in [0.25, 0.3) is 0 Å². The van der Waals surface area contributed by atoms with E-state index in [0.717, 1.165) is 6.42 Å². The number of carbonyl (C=O) groups is 2. The average Bonchev–Trinajstić information content (AvgIpc) is 2.46. The molecule has 130 valence electrons. The minimum Gasteiger partial charge on any atom is -0.325 e. The van der Waals surface area contributed by atoms with E-state index in [0.29, 0.717) is 17.9 Å². The minimum absolute atomic E-state index is 0. The summed E-state index contributed by atoms with van der Waals surface area (Å²) in [7, 11) is 3.66. The van der Waals surface area contributed by atoms with Crippen LogP contribution in [-0.4, -0.2) is 43.4 Å². The van der Waals surface area contributed by atoms with Crippen molar-refractivity contribution in [3.05, 3.63) is 24.3 Å². The summed E-state index contributed by atoms with van der Waals surface area (Å²) in [6.07, 6.45) is 0.853. The highest BCUT2D eigenvalue weighted by molar-refractivity contribution is 5.96. The highest BCUT2D eigenvalue weighted by Gasteiger charge is 2.19. The SMILES string of the molecule is CCC(C)C(N)C(=O)Nc1ccc(NC(=O)CN(C)C)cc1.Cl. The number of nitrogens with one attached hydrogen (secondary N) is 2. The van der Waals surface area contributed by atoms with E-state index in [1.54, 1.807) is 29.2 Å². The van der Waals surface area contributed by atoms with Crippen molar-refractivity contribution in [3.63, 3.8) is 0 Å². The standard InChI is InChI=1S/C16H26N4O2.ClH/c1-5-11(2)15(17)16(22)19-13-8-6-12(7-9-13)18-14(21)10-20(3)4;/h6-9,11,15H,5,10,17H2,1-4H3,(H,18,21)(H,19,22);1H. The summed E-state index contributed by atoms with van der Waals surface area (Å²) in [5, 5.41) is 5.57. The minimum atomic E-state index is -0.524. The maximum Gasteiger partial charge on any atom is 0.241 e. The van der Waals surface area contributed by atoms with E-state index in [4.69, 9.17) is 5.73 Å². The van der Waals surface area contributed by atoms with Gasteiger partial charge in [-0.05, 0) is 44.3 Å². The number of nitrogens with zero attached hydrogens (tertiary/aromatic N) is 1. The van der Waals surface area contributed by atoms with Crippen LogP contribution in [0, 0.1) is 5.92 Å². The first-order valence-electron chi connectivity index (χ1n) is 7.44. The molecular formula is C16H27ClN4O2. The summed E-state index contributed by atoms with van der Waals surface area (Å²) < 4.78 is 0. The van der Waals surface area contributed by atoms with Crippen molar-refractivity contribution in [2.45, 2.75) is 26.3 Å². The van der Waals surface area contributed by atoms with Crippen LogP contribution in [0.5, 0.6) is 0 Å². The maximum atomic E-state index is 12.0. The molecular weight excluding hydrogens is 316 g/mol. The molecule has 0 spiro atoms. The number of hydrogen-bond donors (Lipinski definition) is 3. The fourth-order valence-electron chi connectivity index (χ4n) is 1.86. The second-order valence-corrected chi connectivity index (χ2v) is 5.76. The number of hydrogen-bond acceptors (Lipinski definition) is 4. The quantitative estimate of drug-likeness (QED) is 0.706. The van der Waals surface area contributed by atoms with Crippen LogP contribution in [-0.2, 0) is 9.59 Å². The molecule has 1 aromatic rings. The molecule has 1 rings (SSSR count). The average molecular weight is 343 g/mol. The number of halogens is 1. The van der Waals surface area contributed by atoms with Gasteiger partial charge in [0.2, 0.25) is 11.8 Å². The highest BCUT2D eigenvalue weighted by Crippen LogP contribution is 2.15. The third kappa shape index (κ3) is 7.45. The van der Waals surface area contributed by atoms with Crippen molar-refractivity contribution in [1.29, 1.82) is 0 Å². The Bertz CT molecular complexity index is 505. The molecule has 6 nitrogen and oxygen atoms in total. The Hall–Kier alpha value is -1.63. The molecule has 23 heavy (non-hydrogen) atoms. The molecule has 0 aromatic heterocycles. The first-order chi connectivity index (χ1) is 10.3. The fraction of sp³-hybridized carbons (Fsp3) is 0.500. The highest BCUT2D eigenvalue weighted by atomic mass is 35.5. The number of carbonyl (C=O) groups excluding carboxylic acids is 2. The predicted octanol–water partition coefficient (Wildman–Crippen LogP) is 1.92. The summed E-state index contributed by atoms with van der Waals surface area (Å²) in [5.41, 5.74) is 7.24. The van der Waals surface area contributed by atoms with Crippen molar-refractivity contribution in [2.24, 2.45) is 11.7 Å². The van der Waals surface area contributed by atoms with Crippen LogP contribution in [0.3, 0.4) is 0 Å². The van der Waals surface area contributed by atoms with Crippen LogP contribution in [0.2, 0.25) is 0 Å². The van der Waals surface area contributed by atoms with Crippen molar-refractivity contribution >= 4 is 35.6 Å². The van der Waals surface area contributed by atoms with Crippen LogP contribution in [0.1, 0.15) is 20.3 Å². The molecule has 0 bridgehead atoms.